The van der Waals surface area contributed by atoms with Gasteiger partial charge in [0.25, 0.3) is 0 Å². The van der Waals surface area contributed by atoms with E-state index >= 15 is 0 Å². The quantitative estimate of drug-likeness (QED) is 0.698. The molecule has 3 saturated carbocycles. The molecule has 5 atom stereocenters. The van der Waals surface area contributed by atoms with Crippen molar-refractivity contribution < 1.29 is 14.4 Å². The van der Waals surface area contributed by atoms with Gasteiger partial charge in [0.1, 0.15) is 12.1 Å². The zero-order chi connectivity index (χ0) is 15.5. The lowest BCUT2D eigenvalue weighted by molar-refractivity contribution is -0.135. The van der Waals surface area contributed by atoms with E-state index in [9.17, 15) is 14.4 Å². The zero-order valence-corrected chi connectivity index (χ0v) is 13.3. The smallest absolute Gasteiger partial charge is 0.155 e. The third-order valence-electron chi connectivity index (χ3n) is 7.48. The van der Waals surface area contributed by atoms with Gasteiger partial charge >= 0.3 is 0 Å². The van der Waals surface area contributed by atoms with Crippen LogP contribution in [0.25, 0.3) is 0 Å². The van der Waals surface area contributed by atoms with Crippen LogP contribution in [-0.2, 0) is 14.4 Å². The van der Waals surface area contributed by atoms with Gasteiger partial charge in [-0.3, -0.25) is 9.59 Å². The summed E-state index contributed by atoms with van der Waals surface area (Å²) in [6.45, 7) is 2.16. The lowest BCUT2D eigenvalue weighted by Gasteiger charge is -2.55. The number of Topliss-reactive ketones (excluding diaryl/α,β-unsaturated/α-hetero) is 1. The molecule has 0 aliphatic heterocycles. The molecule has 0 aromatic rings. The Labute approximate surface area is 131 Å². The highest BCUT2D eigenvalue weighted by Crippen LogP contribution is 2.63. The Morgan fingerprint density at radius 1 is 1.05 bits per heavy atom. The van der Waals surface area contributed by atoms with Gasteiger partial charge in [0.05, 0.1) is 5.41 Å². The highest BCUT2D eigenvalue weighted by molar-refractivity contribution is 5.93. The van der Waals surface area contributed by atoms with Gasteiger partial charge < -0.3 is 4.79 Å². The van der Waals surface area contributed by atoms with Crippen molar-refractivity contribution in [3.63, 3.8) is 0 Å². The van der Waals surface area contributed by atoms with Crippen LogP contribution in [0, 0.1) is 28.6 Å². The van der Waals surface area contributed by atoms with Crippen molar-refractivity contribution in [3.05, 3.63) is 11.6 Å². The predicted molar refractivity (Wildman–Crippen MR) is 82.1 cm³/mol. The molecular formula is C19H24O3. The van der Waals surface area contributed by atoms with Crippen LogP contribution in [0.15, 0.2) is 11.6 Å². The highest BCUT2D eigenvalue weighted by atomic mass is 16.1. The summed E-state index contributed by atoms with van der Waals surface area (Å²) in [6.07, 6.45) is 9.65. The van der Waals surface area contributed by atoms with E-state index < -0.39 is 5.41 Å². The molecular weight excluding hydrogens is 276 g/mol. The lowest BCUT2D eigenvalue weighted by Crippen LogP contribution is -2.52. The van der Waals surface area contributed by atoms with Crippen molar-refractivity contribution in [2.75, 3.05) is 0 Å². The molecule has 0 radical (unpaired) electrons. The number of aldehydes is 1. The number of allylic oxidation sites excluding steroid dienone is 1. The Hall–Kier alpha value is -1.25. The van der Waals surface area contributed by atoms with Crippen molar-refractivity contribution in [2.24, 2.45) is 28.6 Å². The fourth-order valence-corrected chi connectivity index (χ4v) is 6.26. The first-order chi connectivity index (χ1) is 10.5. The second-order valence-corrected chi connectivity index (χ2v) is 8.13. The Morgan fingerprint density at radius 3 is 2.64 bits per heavy atom. The standard InChI is InChI=1S/C19H24O3/c1-18-8-7-16-14(15(18)4-5-17(18)22)3-2-12-10-13(21)6-9-19(12,16)11-20/h10-11,14-16H,2-9H2,1H3/t14-,15+,16+,18-,19+/m0/s1. The number of ketones is 2. The van der Waals surface area contributed by atoms with E-state index in [1.54, 1.807) is 6.08 Å². The van der Waals surface area contributed by atoms with Gasteiger partial charge in [0.2, 0.25) is 0 Å². The Kier molecular flexibility index (Phi) is 3.02. The first-order valence-corrected chi connectivity index (χ1v) is 8.75. The number of rotatable bonds is 1. The van der Waals surface area contributed by atoms with Crippen molar-refractivity contribution in [3.8, 4) is 0 Å². The molecule has 3 fully saturated rings. The monoisotopic (exact) mass is 300 g/mol. The van der Waals surface area contributed by atoms with Gasteiger partial charge in [-0.15, -0.1) is 0 Å². The molecule has 0 amide bonds. The van der Waals surface area contributed by atoms with Crippen molar-refractivity contribution in [1.29, 1.82) is 0 Å². The van der Waals surface area contributed by atoms with Crippen LogP contribution in [-0.4, -0.2) is 17.9 Å². The van der Waals surface area contributed by atoms with Gasteiger partial charge in [-0.2, -0.15) is 0 Å². The molecule has 0 unspecified atom stereocenters. The Morgan fingerprint density at radius 2 is 1.86 bits per heavy atom. The van der Waals surface area contributed by atoms with Crippen LogP contribution < -0.4 is 0 Å². The highest BCUT2D eigenvalue weighted by Gasteiger charge is 2.60. The third kappa shape index (κ3) is 1.65. The summed E-state index contributed by atoms with van der Waals surface area (Å²) < 4.78 is 0. The molecule has 22 heavy (non-hydrogen) atoms. The fourth-order valence-electron chi connectivity index (χ4n) is 6.26. The molecule has 4 rings (SSSR count). The first kappa shape index (κ1) is 14.3. The molecule has 0 aromatic carbocycles. The van der Waals surface area contributed by atoms with Gasteiger partial charge in [-0.05, 0) is 62.4 Å². The van der Waals surface area contributed by atoms with E-state index in [1.165, 1.54) is 0 Å². The minimum atomic E-state index is -0.399. The number of hydrogen-bond donors (Lipinski definition) is 0. The molecule has 0 bridgehead atoms. The second-order valence-electron chi connectivity index (χ2n) is 8.13. The normalized spacial score (nSPS) is 47.3. The Bertz CT molecular complexity index is 589. The molecule has 0 spiro atoms. The van der Waals surface area contributed by atoms with Crippen LogP contribution in [0.5, 0.6) is 0 Å². The molecule has 0 heterocycles. The summed E-state index contributed by atoms with van der Waals surface area (Å²) in [4.78, 5) is 36.2. The molecule has 4 aliphatic carbocycles. The number of carbonyl (C=O) groups excluding carboxylic acids is 3. The fraction of sp³-hybridized carbons (Fsp3) is 0.737. The predicted octanol–water partition coefficient (Wildman–Crippen LogP) is 3.27. The van der Waals surface area contributed by atoms with E-state index in [-0.39, 0.29) is 11.2 Å². The zero-order valence-electron chi connectivity index (χ0n) is 13.3. The summed E-state index contributed by atoms with van der Waals surface area (Å²) in [7, 11) is 0. The minimum Gasteiger partial charge on any atom is -0.302 e. The average Bonchev–Trinajstić information content (AvgIpc) is 2.82. The van der Waals surface area contributed by atoms with Crippen LogP contribution in [0.4, 0.5) is 0 Å². The molecule has 0 aromatic heterocycles. The maximum absolute atomic E-state index is 12.4. The van der Waals surface area contributed by atoms with E-state index in [1.807, 2.05) is 0 Å². The van der Waals surface area contributed by atoms with Crippen LogP contribution in [0.3, 0.4) is 0 Å². The number of hydrogen-bond acceptors (Lipinski definition) is 3. The molecule has 118 valence electrons. The van der Waals surface area contributed by atoms with Crippen molar-refractivity contribution >= 4 is 17.9 Å². The SMILES string of the molecule is C[C@]12CC[C@@H]3[C@@H](CCC4=CC(=O)CC[C@@]43C=O)[C@H]1CCC2=O. The van der Waals surface area contributed by atoms with Crippen molar-refractivity contribution in [1.82, 2.24) is 0 Å². The Balaban J connectivity index is 1.74. The minimum absolute atomic E-state index is 0.142. The molecule has 3 heteroatoms. The molecule has 0 saturated heterocycles. The molecule has 4 aliphatic rings. The van der Waals surface area contributed by atoms with E-state index in [0.717, 1.165) is 50.4 Å². The van der Waals surface area contributed by atoms with Gasteiger partial charge in [-0.25, -0.2) is 0 Å². The van der Waals surface area contributed by atoms with Gasteiger partial charge in [-0.1, -0.05) is 12.5 Å². The maximum Gasteiger partial charge on any atom is 0.155 e. The topological polar surface area (TPSA) is 51.2 Å². The number of fused-ring (bicyclic) bond motifs is 5. The van der Waals surface area contributed by atoms with E-state index in [0.29, 0.717) is 36.4 Å². The second kappa shape index (κ2) is 4.62. The summed E-state index contributed by atoms with van der Waals surface area (Å²) in [5.41, 5.74) is 0.550. The molecule has 0 N–H and O–H groups in total. The summed E-state index contributed by atoms with van der Waals surface area (Å²) in [5.74, 6) is 1.91. The molecule has 3 nitrogen and oxygen atoms in total. The average molecular weight is 300 g/mol. The van der Waals surface area contributed by atoms with Crippen molar-refractivity contribution in [2.45, 2.75) is 58.3 Å². The third-order valence-corrected chi connectivity index (χ3v) is 7.48. The first-order valence-electron chi connectivity index (χ1n) is 8.75. The van der Waals surface area contributed by atoms with Gasteiger partial charge in [0.15, 0.2) is 5.78 Å². The largest absolute Gasteiger partial charge is 0.302 e. The van der Waals surface area contributed by atoms with Gasteiger partial charge in [0, 0.05) is 18.3 Å². The summed E-state index contributed by atoms with van der Waals surface area (Å²) >= 11 is 0. The maximum atomic E-state index is 12.4. The number of carbonyl (C=O) groups is 3. The van der Waals surface area contributed by atoms with Crippen LogP contribution >= 0.6 is 0 Å². The van der Waals surface area contributed by atoms with Crippen LogP contribution in [0.1, 0.15) is 58.3 Å². The van der Waals surface area contributed by atoms with E-state index in [2.05, 4.69) is 6.92 Å². The summed E-state index contributed by atoms with van der Waals surface area (Å²) in [6, 6.07) is 0. The lowest BCUT2D eigenvalue weighted by atomic mass is 9.47. The summed E-state index contributed by atoms with van der Waals surface area (Å²) in [5, 5.41) is 0. The van der Waals surface area contributed by atoms with E-state index in [4.69, 9.17) is 0 Å². The van der Waals surface area contributed by atoms with Crippen LogP contribution in [0.2, 0.25) is 0 Å².